The summed E-state index contributed by atoms with van der Waals surface area (Å²) in [6.45, 7) is 6.99. The first-order valence-electron chi connectivity index (χ1n) is 4.25. The Labute approximate surface area is 70.3 Å². The molecule has 66 valence electrons. The maximum Gasteiger partial charge on any atom is 0.0157 e. The maximum absolute atomic E-state index is 3.69. The van der Waals surface area contributed by atoms with Gasteiger partial charge in [-0.2, -0.15) is 0 Å². The summed E-state index contributed by atoms with van der Waals surface area (Å²) >= 11 is 0. The van der Waals surface area contributed by atoms with Gasteiger partial charge in [-0.05, 0) is 40.0 Å². The number of rotatable bonds is 7. The van der Waals surface area contributed by atoms with E-state index in [1.54, 1.807) is 0 Å². The van der Waals surface area contributed by atoms with Crippen molar-refractivity contribution in [2.24, 2.45) is 0 Å². The smallest absolute Gasteiger partial charge is 0.0157 e. The molecule has 0 rings (SSSR count). The summed E-state index contributed by atoms with van der Waals surface area (Å²) in [6, 6.07) is 0. The zero-order chi connectivity index (χ0) is 8.53. The van der Waals surface area contributed by atoms with Crippen LogP contribution in [0.2, 0.25) is 0 Å². The van der Waals surface area contributed by atoms with Crippen LogP contribution in [0.1, 0.15) is 12.8 Å². The molecule has 2 nitrogen and oxygen atoms in total. The highest BCUT2D eigenvalue weighted by molar-refractivity contribution is 4.70. The lowest BCUT2D eigenvalue weighted by molar-refractivity contribution is 0.359. The molecule has 0 radical (unpaired) electrons. The maximum atomic E-state index is 3.69. The molecule has 0 aromatic heterocycles. The molecule has 0 atom stereocenters. The van der Waals surface area contributed by atoms with Gasteiger partial charge >= 0.3 is 0 Å². The number of hydrogen-bond donors (Lipinski definition) is 1. The highest BCUT2D eigenvalue weighted by Gasteiger charge is 1.93. The minimum atomic E-state index is 1.000. The van der Waals surface area contributed by atoms with E-state index in [0.29, 0.717) is 0 Å². The zero-order valence-corrected chi connectivity index (χ0v) is 7.77. The summed E-state index contributed by atoms with van der Waals surface area (Å²) in [5, 5.41) is 3.13. The predicted molar refractivity (Wildman–Crippen MR) is 50.9 cm³/mol. The van der Waals surface area contributed by atoms with Gasteiger partial charge in [0.1, 0.15) is 0 Å². The summed E-state index contributed by atoms with van der Waals surface area (Å²) in [5.74, 6) is 0. The second-order valence-electron chi connectivity index (χ2n) is 2.86. The molecule has 0 heterocycles. The van der Waals surface area contributed by atoms with Gasteiger partial charge in [-0.25, -0.2) is 0 Å². The van der Waals surface area contributed by atoms with Crippen LogP contribution in [0.15, 0.2) is 12.7 Å². The predicted octanol–water partition coefficient (Wildman–Crippen LogP) is 1.10. The van der Waals surface area contributed by atoms with Gasteiger partial charge in [-0.3, -0.25) is 0 Å². The van der Waals surface area contributed by atoms with Crippen molar-refractivity contribution in [3.05, 3.63) is 12.7 Å². The molecule has 0 saturated carbocycles. The molecule has 0 spiro atoms. The molecule has 0 aliphatic carbocycles. The number of nitrogens with one attached hydrogen (secondary N) is 1. The molecule has 0 aliphatic heterocycles. The van der Waals surface area contributed by atoms with Gasteiger partial charge in [-0.1, -0.05) is 6.08 Å². The average Bonchev–Trinajstić information content (AvgIpc) is 1.99. The lowest BCUT2D eigenvalue weighted by Gasteiger charge is -2.13. The molecular weight excluding hydrogens is 136 g/mol. The van der Waals surface area contributed by atoms with Crippen molar-refractivity contribution in [1.29, 1.82) is 0 Å². The third-order valence-electron chi connectivity index (χ3n) is 1.66. The van der Waals surface area contributed by atoms with Gasteiger partial charge in [0.05, 0.1) is 0 Å². The lowest BCUT2D eigenvalue weighted by atomic mass is 10.3. The van der Waals surface area contributed by atoms with Gasteiger partial charge in [0.15, 0.2) is 0 Å². The summed E-state index contributed by atoms with van der Waals surface area (Å²) in [4.78, 5) is 2.28. The van der Waals surface area contributed by atoms with Crippen molar-refractivity contribution in [3.63, 3.8) is 0 Å². The number of hydrogen-bond acceptors (Lipinski definition) is 2. The first-order valence-corrected chi connectivity index (χ1v) is 4.25. The van der Waals surface area contributed by atoms with E-state index in [9.17, 15) is 0 Å². The van der Waals surface area contributed by atoms with Crippen molar-refractivity contribution in [1.82, 2.24) is 10.2 Å². The molecule has 0 amide bonds. The Morgan fingerprint density at radius 3 is 2.73 bits per heavy atom. The van der Waals surface area contributed by atoms with Crippen molar-refractivity contribution in [2.45, 2.75) is 12.8 Å². The molecule has 0 aliphatic rings. The molecule has 1 N–H and O–H groups in total. The van der Waals surface area contributed by atoms with Crippen LogP contribution < -0.4 is 5.32 Å². The molecule has 0 aromatic carbocycles. The molecule has 0 saturated heterocycles. The molecule has 0 aromatic rings. The summed E-state index contributed by atoms with van der Waals surface area (Å²) in [5.41, 5.74) is 0. The third kappa shape index (κ3) is 7.56. The lowest BCUT2D eigenvalue weighted by Crippen LogP contribution is -2.20. The normalized spacial score (nSPS) is 10.5. The monoisotopic (exact) mass is 156 g/mol. The van der Waals surface area contributed by atoms with Crippen LogP contribution >= 0.6 is 0 Å². The standard InChI is InChI=1S/C9H20N2/c1-4-8-11(3)9-6-5-7-10-2/h4,10H,1,5-9H2,2-3H3. The average molecular weight is 156 g/mol. The van der Waals surface area contributed by atoms with Crippen molar-refractivity contribution < 1.29 is 0 Å². The van der Waals surface area contributed by atoms with E-state index in [0.717, 1.165) is 13.1 Å². The first kappa shape index (κ1) is 10.7. The van der Waals surface area contributed by atoms with Crippen LogP contribution in [0, 0.1) is 0 Å². The van der Waals surface area contributed by atoms with Crippen molar-refractivity contribution >= 4 is 0 Å². The van der Waals surface area contributed by atoms with E-state index in [4.69, 9.17) is 0 Å². The highest BCUT2D eigenvalue weighted by Crippen LogP contribution is 1.90. The summed E-state index contributed by atoms with van der Waals surface area (Å²) in [7, 11) is 4.12. The Kier molecular flexibility index (Phi) is 7.52. The van der Waals surface area contributed by atoms with Gasteiger partial charge in [0.25, 0.3) is 0 Å². The Morgan fingerprint density at radius 1 is 1.45 bits per heavy atom. The van der Waals surface area contributed by atoms with E-state index >= 15 is 0 Å². The molecule has 11 heavy (non-hydrogen) atoms. The fourth-order valence-corrected chi connectivity index (χ4v) is 0.995. The molecule has 0 unspecified atom stereocenters. The van der Waals surface area contributed by atoms with E-state index in [-0.39, 0.29) is 0 Å². The molecule has 0 fully saturated rings. The van der Waals surface area contributed by atoms with E-state index < -0.39 is 0 Å². The first-order chi connectivity index (χ1) is 5.31. The highest BCUT2D eigenvalue weighted by atomic mass is 15.1. The van der Waals surface area contributed by atoms with Gasteiger partial charge in [0.2, 0.25) is 0 Å². The Hall–Kier alpha value is -0.340. The Balaban J connectivity index is 3.03. The molecule has 2 heteroatoms. The second-order valence-corrected chi connectivity index (χ2v) is 2.86. The fourth-order valence-electron chi connectivity index (χ4n) is 0.995. The molecular formula is C9H20N2. The second kappa shape index (κ2) is 7.76. The van der Waals surface area contributed by atoms with E-state index in [2.05, 4.69) is 23.8 Å². The van der Waals surface area contributed by atoms with Crippen molar-refractivity contribution in [2.75, 3.05) is 33.7 Å². The molecule has 0 bridgehead atoms. The van der Waals surface area contributed by atoms with E-state index in [1.807, 2.05) is 13.1 Å². The zero-order valence-electron chi connectivity index (χ0n) is 7.77. The van der Waals surface area contributed by atoms with Crippen LogP contribution in [-0.2, 0) is 0 Å². The van der Waals surface area contributed by atoms with E-state index in [1.165, 1.54) is 19.4 Å². The minimum Gasteiger partial charge on any atom is -0.320 e. The van der Waals surface area contributed by atoms with Crippen LogP contribution in [-0.4, -0.2) is 38.6 Å². The van der Waals surface area contributed by atoms with Crippen LogP contribution in [0.3, 0.4) is 0 Å². The summed E-state index contributed by atoms with van der Waals surface area (Å²) in [6.07, 6.45) is 4.47. The number of nitrogens with zero attached hydrogens (tertiary/aromatic N) is 1. The van der Waals surface area contributed by atoms with Gasteiger partial charge in [-0.15, -0.1) is 6.58 Å². The quantitative estimate of drug-likeness (QED) is 0.439. The number of unbranched alkanes of at least 4 members (excludes halogenated alkanes) is 1. The van der Waals surface area contributed by atoms with Crippen LogP contribution in [0.5, 0.6) is 0 Å². The van der Waals surface area contributed by atoms with Gasteiger partial charge < -0.3 is 10.2 Å². The number of likely N-dealkylation sites (N-methyl/N-ethyl adjacent to an activating group) is 1. The largest absolute Gasteiger partial charge is 0.320 e. The topological polar surface area (TPSA) is 15.3 Å². The fraction of sp³-hybridized carbons (Fsp3) is 0.778. The van der Waals surface area contributed by atoms with Crippen LogP contribution in [0.4, 0.5) is 0 Å². The Bertz CT molecular complexity index is 91.6. The third-order valence-corrected chi connectivity index (χ3v) is 1.66. The van der Waals surface area contributed by atoms with Gasteiger partial charge in [0, 0.05) is 6.54 Å². The summed E-state index contributed by atoms with van der Waals surface area (Å²) < 4.78 is 0. The van der Waals surface area contributed by atoms with Crippen LogP contribution in [0.25, 0.3) is 0 Å². The van der Waals surface area contributed by atoms with Crippen molar-refractivity contribution in [3.8, 4) is 0 Å². The Morgan fingerprint density at radius 2 is 2.18 bits per heavy atom. The minimum absolute atomic E-state index is 1.000. The SMILES string of the molecule is C=CCN(C)CCCCNC.